The first kappa shape index (κ1) is 32.8. The van der Waals surface area contributed by atoms with Crippen molar-refractivity contribution in [1.82, 2.24) is 4.90 Å². The Morgan fingerprint density at radius 2 is 1.35 bits per heavy atom. The summed E-state index contributed by atoms with van der Waals surface area (Å²) >= 11 is 0. The molecule has 0 aliphatic carbocycles. The van der Waals surface area contributed by atoms with E-state index in [1.54, 1.807) is 0 Å². The van der Waals surface area contributed by atoms with Gasteiger partial charge in [-0.3, -0.25) is 0 Å². The van der Waals surface area contributed by atoms with E-state index in [1.807, 2.05) is 25.7 Å². The molecule has 1 aliphatic rings. The number of hydrogen-bond donors (Lipinski definition) is 0. The van der Waals surface area contributed by atoms with Crippen LogP contribution in [-0.4, -0.2) is 51.9 Å². The number of fused-ring (bicyclic) bond motifs is 1. The summed E-state index contributed by atoms with van der Waals surface area (Å²) in [4.78, 5) is 15.3. The van der Waals surface area contributed by atoms with Gasteiger partial charge in [-0.15, -0.1) is 0 Å². The van der Waals surface area contributed by atoms with Gasteiger partial charge in [0.1, 0.15) is 5.60 Å². The van der Waals surface area contributed by atoms with Crippen molar-refractivity contribution in [3.05, 3.63) is 47.5 Å². The maximum Gasteiger partial charge on any atom is 0.410 e. The van der Waals surface area contributed by atoms with Gasteiger partial charge in [-0.05, 0) is 91.8 Å². The Labute approximate surface area is 246 Å². The number of likely N-dealkylation sites (tertiary alicyclic amines) is 1. The summed E-state index contributed by atoms with van der Waals surface area (Å²) in [5.41, 5.74) is 1.93. The molecule has 2 aromatic rings. The minimum absolute atomic E-state index is 0.0157. The molecule has 5 nitrogen and oxygen atoms in total. The molecule has 0 aromatic heterocycles. The van der Waals surface area contributed by atoms with E-state index in [9.17, 15) is 4.79 Å². The zero-order valence-electron chi connectivity index (χ0n) is 27.5. The smallest absolute Gasteiger partial charge is 0.410 e. The molecule has 0 unspecified atom stereocenters. The average molecular weight is 586 g/mol. The number of benzene rings is 2. The van der Waals surface area contributed by atoms with Gasteiger partial charge in [0.25, 0.3) is 0 Å². The first-order valence-electron chi connectivity index (χ1n) is 14.9. The van der Waals surface area contributed by atoms with Crippen molar-refractivity contribution in [2.24, 2.45) is 0 Å². The van der Waals surface area contributed by atoms with Gasteiger partial charge in [-0.1, -0.05) is 77.9 Å². The first-order chi connectivity index (χ1) is 18.1. The van der Waals surface area contributed by atoms with Crippen LogP contribution in [0.2, 0.25) is 36.3 Å². The Bertz CT molecular complexity index is 1190. The molecular weight excluding hydrogens is 531 g/mol. The quantitative estimate of drug-likeness (QED) is 0.304. The highest BCUT2D eigenvalue weighted by Crippen LogP contribution is 2.40. The molecule has 0 spiro atoms. The molecule has 0 radical (unpaired) electrons. The van der Waals surface area contributed by atoms with Crippen molar-refractivity contribution in [2.45, 2.75) is 136 Å². The van der Waals surface area contributed by atoms with Gasteiger partial charge in [-0.2, -0.15) is 0 Å². The fraction of sp³-hybridized carbons (Fsp3) is 0.667. The highest BCUT2D eigenvalue weighted by atomic mass is 28.4. The molecule has 2 aromatic carbocycles. The molecule has 0 N–H and O–H groups in total. The van der Waals surface area contributed by atoms with Crippen LogP contribution < -0.4 is 0 Å². The van der Waals surface area contributed by atoms with Crippen molar-refractivity contribution in [1.29, 1.82) is 0 Å². The van der Waals surface area contributed by atoms with Crippen molar-refractivity contribution < 1.29 is 18.4 Å². The summed E-state index contributed by atoms with van der Waals surface area (Å²) in [5.74, 6) is 0. The standard InChI is InChI=1S/C33H55NO4Si2/c1-31(2,3)37-30(35)34-22-27(38-40(12,13)33(7,8)9)21-26(34)20-24-18-19-25(29-17-15-14-16-28(24)29)23-36-39(10,11)32(4,5)6/h14-19,26-27H,20-23H2,1-13H3/t26-,27-/m1/s1. The van der Waals surface area contributed by atoms with Crippen molar-refractivity contribution in [2.75, 3.05) is 6.54 Å². The summed E-state index contributed by atoms with van der Waals surface area (Å²) in [6, 6.07) is 13.1. The first-order valence-corrected chi connectivity index (χ1v) is 20.7. The molecule has 1 heterocycles. The van der Waals surface area contributed by atoms with Crippen LogP contribution in [0.15, 0.2) is 36.4 Å². The van der Waals surface area contributed by atoms with Crippen LogP contribution in [-0.2, 0) is 26.6 Å². The van der Waals surface area contributed by atoms with Crippen LogP contribution >= 0.6 is 0 Å². The Balaban J connectivity index is 1.90. The van der Waals surface area contributed by atoms with Crippen molar-refractivity contribution in [3.8, 4) is 0 Å². The van der Waals surface area contributed by atoms with Crippen LogP contribution in [0.1, 0.15) is 79.9 Å². The van der Waals surface area contributed by atoms with Gasteiger partial charge in [-0.25, -0.2) is 4.79 Å². The molecule has 1 saturated heterocycles. The van der Waals surface area contributed by atoms with E-state index in [1.165, 1.54) is 21.9 Å². The zero-order valence-corrected chi connectivity index (χ0v) is 29.5. The maximum absolute atomic E-state index is 13.4. The lowest BCUT2D eigenvalue weighted by Gasteiger charge is -2.38. The van der Waals surface area contributed by atoms with Gasteiger partial charge >= 0.3 is 6.09 Å². The van der Waals surface area contributed by atoms with Crippen LogP contribution in [0.25, 0.3) is 10.8 Å². The largest absolute Gasteiger partial charge is 0.444 e. The monoisotopic (exact) mass is 585 g/mol. The number of hydrogen-bond acceptors (Lipinski definition) is 4. The van der Waals surface area contributed by atoms with E-state index in [-0.39, 0.29) is 28.3 Å². The topological polar surface area (TPSA) is 48.0 Å². The van der Waals surface area contributed by atoms with E-state index in [0.717, 1.165) is 12.8 Å². The predicted octanol–water partition coefficient (Wildman–Crippen LogP) is 9.30. The van der Waals surface area contributed by atoms with E-state index < -0.39 is 22.2 Å². The second-order valence-corrected chi connectivity index (χ2v) is 25.3. The second-order valence-electron chi connectivity index (χ2n) is 15.7. The maximum atomic E-state index is 13.4. The van der Waals surface area contributed by atoms with Crippen LogP contribution in [0, 0.1) is 0 Å². The summed E-state index contributed by atoms with van der Waals surface area (Å²) in [6.07, 6.45) is 1.35. The minimum Gasteiger partial charge on any atom is -0.444 e. The SMILES string of the molecule is CC(C)(C)OC(=O)N1C[C@H](O[Si](C)(C)C(C)(C)C)C[C@H]1Cc1ccc(CO[Si](C)(C)C(C)(C)C)c2ccccc12. The van der Waals surface area contributed by atoms with Crippen molar-refractivity contribution in [3.63, 3.8) is 0 Å². The molecule has 224 valence electrons. The molecule has 1 fully saturated rings. The average Bonchev–Trinajstić information content (AvgIpc) is 3.17. The number of amides is 1. The molecule has 0 saturated carbocycles. The number of carbonyl (C=O) groups excluding carboxylic acids is 1. The molecule has 7 heteroatoms. The number of nitrogens with zero attached hydrogens (tertiary/aromatic N) is 1. The Kier molecular flexibility index (Phi) is 9.47. The Hall–Kier alpha value is -1.68. The molecule has 40 heavy (non-hydrogen) atoms. The third-order valence-corrected chi connectivity index (χ3v) is 18.2. The van der Waals surface area contributed by atoms with E-state index in [4.69, 9.17) is 13.6 Å². The number of carbonyl (C=O) groups is 1. The van der Waals surface area contributed by atoms with Gasteiger partial charge in [0.2, 0.25) is 0 Å². The van der Waals surface area contributed by atoms with Crippen LogP contribution in [0.4, 0.5) is 4.79 Å². The van der Waals surface area contributed by atoms with Crippen molar-refractivity contribution >= 4 is 33.5 Å². The van der Waals surface area contributed by atoms with Gasteiger partial charge in [0, 0.05) is 12.6 Å². The fourth-order valence-electron chi connectivity index (χ4n) is 4.75. The zero-order chi connectivity index (χ0) is 30.3. The lowest BCUT2D eigenvalue weighted by Crippen LogP contribution is -2.45. The normalized spacial score (nSPS) is 19.4. The van der Waals surface area contributed by atoms with Crippen LogP contribution in [0.3, 0.4) is 0 Å². The molecular formula is C33H55NO4Si2. The molecule has 3 rings (SSSR count). The van der Waals surface area contributed by atoms with E-state index >= 15 is 0 Å². The van der Waals surface area contributed by atoms with Gasteiger partial charge < -0.3 is 18.5 Å². The highest BCUT2D eigenvalue weighted by molar-refractivity contribution is 6.74. The van der Waals surface area contributed by atoms with E-state index in [0.29, 0.717) is 13.2 Å². The second kappa shape index (κ2) is 11.5. The predicted molar refractivity (Wildman–Crippen MR) is 173 cm³/mol. The third kappa shape index (κ3) is 7.78. The minimum atomic E-state index is -1.98. The van der Waals surface area contributed by atoms with Gasteiger partial charge in [0.15, 0.2) is 16.6 Å². The Morgan fingerprint density at radius 3 is 1.88 bits per heavy atom. The number of rotatable bonds is 7. The Morgan fingerprint density at radius 1 is 0.825 bits per heavy atom. The molecule has 1 amide bonds. The lowest BCUT2D eigenvalue weighted by molar-refractivity contribution is 0.0211. The highest BCUT2D eigenvalue weighted by Gasteiger charge is 2.44. The molecule has 1 aliphatic heterocycles. The molecule has 2 atom stereocenters. The lowest BCUT2D eigenvalue weighted by atomic mass is 9.95. The van der Waals surface area contributed by atoms with E-state index in [2.05, 4.69) is 104 Å². The number of ether oxygens (including phenoxy) is 1. The van der Waals surface area contributed by atoms with Gasteiger partial charge in [0.05, 0.1) is 12.7 Å². The third-order valence-electron chi connectivity index (χ3n) is 9.23. The summed E-state index contributed by atoms with van der Waals surface area (Å²) in [5, 5.41) is 2.74. The summed E-state index contributed by atoms with van der Waals surface area (Å²) < 4.78 is 19.3. The summed E-state index contributed by atoms with van der Waals surface area (Å²) in [7, 11) is -3.85. The van der Waals surface area contributed by atoms with Crippen LogP contribution in [0.5, 0.6) is 0 Å². The summed E-state index contributed by atoms with van der Waals surface area (Å²) in [6.45, 7) is 29.8. The molecule has 0 bridgehead atoms. The fourth-order valence-corrected chi connectivity index (χ4v) is 7.05.